The fourth-order valence-electron chi connectivity index (χ4n) is 2.14. The summed E-state index contributed by atoms with van der Waals surface area (Å²) < 4.78 is 38.0. The number of hydrogen-bond acceptors (Lipinski definition) is 2. The third-order valence-electron chi connectivity index (χ3n) is 3.43. The zero-order valence-electron chi connectivity index (χ0n) is 12.3. The van der Waals surface area contributed by atoms with Gasteiger partial charge in [-0.25, -0.2) is 0 Å². The lowest BCUT2D eigenvalue weighted by Gasteiger charge is -2.21. The number of amides is 1. The summed E-state index contributed by atoms with van der Waals surface area (Å²) in [7, 11) is 0. The summed E-state index contributed by atoms with van der Waals surface area (Å²) in [4.78, 5) is 12.1. The first-order valence-electron chi connectivity index (χ1n) is 7.00. The minimum Gasteiger partial charge on any atom is -0.386 e. The average Bonchev–Trinajstić information content (AvgIpc) is 2.54. The number of benzene rings is 2. The molecule has 0 bridgehead atoms. The lowest BCUT2D eigenvalue weighted by atomic mass is 10.0. The van der Waals surface area contributed by atoms with E-state index in [1.807, 2.05) is 0 Å². The van der Waals surface area contributed by atoms with Crippen LogP contribution in [0.2, 0.25) is 0 Å². The van der Waals surface area contributed by atoms with E-state index in [4.69, 9.17) is 0 Å². The lowest BCUT2D eigenvalue weighted by Crippen LogP contribution is -2.37. The molecule has 2 aromatic carbocycles. The van der Waals surface area contributed by atoms with Crippen LogP contribution in [-0.4, -0.2) is 17.1 Å². The van der Waals surface area contributed by atoms with Gasteiger partial charge in [-0.1, -0.05) is 36.4 Å². The van der Waals surface area contributed by atoms with Crippen LogP contribution in [0.5, 0.6) is 0 Å². The van der Waals surface area contributed by atoms with Gasteiger partial charge in [-0.15, -0.1) is 0 Å². The van der Waals surface area contributed by atoms with Crippen molar-refractivity contribution in [3.05, 3.63) is 71.3 Å². The third kappa shape index (κ3) is 4.32. The van der Waals surface area contributed by atoms with Crippen molar-refractivity contribution in [1.82, 2.24) is 5.32 Å². The Balaban J connectivity index is 2.10. The van der Waals surface area contributed by atoms with E-state index in [9.17, 15) is 23.1 Å². The Labute approximate surface area is 131 Å². The average molecular weight is 323 g/mol. The molecule has 2 N–H and O–H groups in total. The molecule has 122 valence electrons. The predicted octanol–water partition coefficient (Wildman–Crippen LogP) is 3.56. The molecule has 0 aliphatic heterocycles. The second-order valence-corrected chi connectivity index (χ2v) is 5.20. The van der Waals surface area contributed by atoms with Crippen molar-refractivity contribution in [2.24, 2.45) is 0 Å². The smallest absolute Gasteiger partial charge is 0.386 e. The molecule has 0 spiro atoms. The van der Waals surface area contributed by atoms with Gasteiger partial charge in [0.25, 0.3) is 5.91 Å². The molecule has 0 fully saturated rings. The highest BCUT2D eigenvalue weighted by atomic mass is 19.4. The van der Waals surface area contributed by atoms with E-state index in [1.165, 1.54) is 12.1 Å². The normalized spacial score (nSPS) is 14.1. The Hall–Kier alpha value is -2.34. The van der Waals surface area contributed by atoms with Crippen molar-refractivity contribution < 1.29 is 23.1 Å². The summed E-state index contributed by atoms with van der Waals surface area (Å²) in [5, 5.41) is 12.7. The van der Waals surface area contributed by atoms with Gasteiger partial charge in [-0.3, -0.25) is 4.79 Å². The van der Waals surface area contributed by atoms with E-state index in [0.717, 1.165) is 12.1 Å². The Bertz CT molecular complexity index is 671. The van der Waals surface area contributed by atoms with Crippen molar-refractivity contribution in [1.29, 1.82) is 0 Å². The maximum Gasteiger partial charge on any atom is 0.416 e. The van der Waals surface area contributed by atoms with Crippen molar-refractivity contribution >= 4 is 5.91 Å². The quantitative estimate of drug-likeness (QED) is 0.904. The molecule has 23 heavy (non-hydrogen) atoms. The first-order chi connectivity index (χ1) is 10.8. The standard InChI is InChI=1S/C17H16F3NO2/c1-11(15(22)12-6-3-2-4-7-12)21-16(23)13-8-5-9-14(10-13)17(18,19)20/h2-11,15,22H,1H3,(H,21,23). The van der Waals surface area contributed by atoms with Gasteiger partial charge in [0.2, 0.25) is 0 Å². The number of rotatable bonds is 4. The van der Waals surface area contributed by atoms with E-state index in [1.54, 1.807) is 37.3 Å². The predicted molar refractivity (Wildman–Crippen MR) is 79.8 cm³/mol. The van der Waals surface area contributed by atoms with Gasteiger partial charge in [0.05, 0.1) is 17.7 Å². The largest absolute Gasteiger partial charge is 0.416 e. The van der Waals surface area contributed by atoms with Gasteiger partial charge in [-0.2, -0.15) is 13.2 Å². The van der Waals surface area contributed by atoms with Gasteiger partial charge in [0.1, 0.15) is 0 Å². The van der Waals surface area contributed by atoms with Crippen LogP contribution in [0.25, 0.3) is 0 Å². The first-order valence-corrected chi connectivity index (χ1v) is 7.00. The fraction of sp³-hybridized carbons (Fsp3) is 0.235. The maximum absolute atomic E-state index is 12.7. The zero-order valence-corrected chi connectivity index (χ0v) is 12.3. The first kappa shape index (κ1) is 17.0. The molecule has 0 saturated carbocycles. The van der Waals surface area contributed by atoms with E-state index in [0.29, 0.717) is 5.56 Å². The monoisotopic (exact) mass is 323 g/mol. The molecule has 0 heterocycles. The summed E-state index contributed by atoms with van der Waals surface area (Å²) in [6.07, 6.45) is -5.46. The van der Waals surface area contributed by atoms with Crippen molar-refractivity contribution in [3.8, 4) is 0 Å². The summed E-state index contributed by atoms with van der Waals surface area (Å²) in [6, 6.07) is 12.2. The topological polar surface area (TPSA) is 49.3 Å². The van der Waals surface area contributed by atoms with Gasteiger partial charge >= 0.3 is 6.18 Å². The van der Waals surface area contributed by atoms with Gasteiger partial charge < -0.3 is 10.4 Å². The number of carbonyl (C=O) groups is 1. The number of alkyl halides is 3. The van der Waals surface area contributed by atoms with Crippen LogP contribution in [-0.2, 0) is 6.18 Å². The molecule has 0 aromatic heterocycles. The highest BCUT2D eigenvalue weighted by Crippen LogP contribution is 2.29. The lowest BCUT2D eigenvalue weighted by molar-refractivity contribution is -0.137. The molecule has 2 aromatic rings. The summed E-state index contributed by atoms with van der Waals surface area (Å²) in [5.74, 6) is -0.668. The number of nitrogens with one attached hydrogen (secondary N) is 1. The number of aliphatic hydroxyl groups excluding tert-OH is 1. The minimum absolute atomic E-state index is 0.105. The van der Waals surface area contributed by atoms with Crippen LogP contribution in [0.3, 0.4) is 0 Å². The summed E-state index contributed by atoms with van der Waals surface area (Å²) in [5.41, 5.74) is -0.377. The van der Waals surface area contributed by atoms with Crippen LogP contribution >= 0.6 is 0 Å². The molecule has 2 unspecified atom stereocenters. The van der Waals surface area contributed by atoms with E-state index in [-0.39, 0.29) is 5.56 Å². The number of carbonyl (C=O) groups excluding carboxylic acids is 1. The summed E-state index contributed by atoms with van der Waals surface area (Å²) >= 11 is 0. The molecular weight excluding hydrogens is 307 g/mol. The van der Waals surface area contributed by atoms with Crippen LogP contribution in [0.1, 0.15) is 34.5 Å². The molecule has 3 nitrogen and oxygen atoms in total. The Morgan fingerprint density at radius 2 is 1.74 bits per heavy atom. The molecule has 1 amide bonds. The van der Waals surface area contributed by atoms with Crippen molar-refractivity contribution in [2.75, 3.05) is 0 Å². The van der Waals surface area contributed by atoms with E-state index >= 15 is 0 Å². The van der Waals surface area contributed by atoms with E-state index < -0.39 is 29.8 Å². The number of aliphatic hydroxyl groups is 1. The maximum atomic E-state index is 12.7. The Morgan fingerprint density at radius 1 is 1.09 bits per heavy atom. The number of halogens is 3. The Kier molecular flexibility index (Phi) is 5.05. The minimum atomic E-state index is -4.51. The van der Waals surface area contributed by atoms with Crippen molar-refractivity contribution in [3.63, 3.8) is 0 Å². The van der Waals surface area contributed by atoms with Crippen molar-refractivity contribution in [2.45, 2.75) is 25.2 Å². The molecule has 2 rings (SSSR count). The fourth-order valence-corrected chi connectivity index (χ4v) is 2.14. The van der Waals surface area contributed by atoms with Crippen LogP contribution in [0.15, 0.2) is 54.6 Å². The molecule has 0 aliphatic carbocycles. The van der Waals surface area contributed by atoms with Crippen LogP contribution in [0.4, 0.5) is 13.2 Å². The van der Waals surface area contributed by atoms with Gasteiger partial charge in [-0.05, 0) is 30.7 Å². The Morgan fingerprint density at radius 3 is 2.35 bits per heavy atom. The highest BCUT2D eigenvalue weighted by molar-refractivity contribution is 5.94. The molecule has 2 atom stereocenters. The zero-order chi connectivity index (χ0) is 17.0. The molecule has 6 heteroatoms. The molecule has 0 aliphatic rings. The van der Waals surface area contributed by atoms with Gasteiger partial charge in [0, 0.05) is 5.56 Å². The van der Waals surface area contributed by atoms with Crippen LogP contribution < -0.4 is 5.32 Å². The molecular formula is C17H16F3NO2. The second kappa shape index (κ2) is 6.83. The summed E-state index contributed by atoms with van der Waals surface area (Å²) in [6.45, 7) is 1.59. The number of hydrogen-bond donors (Lipinski definition) is 2. The highest BCUT2D eigenvalue weighted by Gasteiger charge is 2.31. The van der Waals surface area contributed by atoms with Crippen LogP contribution in [0, 0.1) is 0 Å². The SMILES string of the molecule is CC(NC(=O)c1cccc(C(F)(F)F)c1)C(O)c1ccccc1. The third-order valence-corrected chi connectivity index (χ3v) is 3.43. The molecule has 0 saturated heterocycles. The van der Waals surface area contributed by atoms with E-state index in [2.05, 4.69) is 5.32 Å². The van der Waals surface area contributed by atoms with Gasteiger partial charge in [0.15, 0.2) is 0 Å². The molecule has 0 radical (unpaired) electrons. The second-order valence-electron chi connectivity index (χ2n) is 5.20.